The molecule has 0 bridgehead atoms. The van der Waals surface area contributed by atoms with E-state index < -0.39 is 0 Å². The van der Waals surface area contributed by atoms with Crippen LogP contribution in [0.2, 0.25) is 0 Å². The Hall–Kier alpha value is -3.94. The van der Waals surface area contributed by atoms with Crippen molar-refractivity contribution >= 4 is 23.9 Å². The number of amidine groups is 1. The predicted molar refractivity (Wildman–Crippen MR) is 125 cm³/mol. The lowest BCUT2D eigenvalue weighted by atomic mass is 10.0. The third-order valence-corrected chi connectivity index (χ3v) is 6.47. The van der Waals surface area contributed by atoms with Crippen LogP contribution < -0.4 is 4.90 Å². The van der Waals surface area contributed by atoms with Crippen molar-refractivity contribution in [1.29, 1.82) is 10.8 Å². The molecule has 0 unspecified atom stereocenters. The van der Waals surface area contributed by atoms with Crippen molar-refractivity contribution in [3.05, 3.63) is 71.3 Å². The summed E-state index contributed by atoms with van der Waals surface area (Å²) in [4.78, 5) is 30.3. The Balaban J connectivity index is 1.25. The minimum atomic E-state index is -0.114. The number of nitrogens with zero attached hydrogens (tertiary/aromatic N) is 5. The first-order chi connectivity index (χ1) is 16.1. The van der Waals surface area contributed by atoms with E-state index in [0.29, 0.717) is 29.5 Å². The number of benzene rings is 1. The summed E-state index contributed by atoms with van der Waals surface area (Å²) in [7, 11) is 0. The Morgan fingerprint density at radius 1 is 1.09 bits per heavy atom. The molecule has 3 heterocycles. The van der Waals surface area contributed by atoms with Crippen LogP contribution in [0, 0.1) is 10.8 Å². The van der Waals surface area contributed by atoms with E-state index >= 15 is 0 Å². The normalized spacial score (nSPS) is 17.1. The third-order valence-electron chi connectivity index (χ3n) is 6.47. The van der Waals surface area contributed by atoms with Gasteiger partial charge in [0.2, 0.25) is 0 Å². The maximum absolute atomic E-state index is 13.3. The molecule has 1 amide bonds. The molecule has 33 heavy (non-hydrogen) atoms. The van der Waals surface area contributed by atoms with Gasteiger partial charge in [-0.15, -0.1) is 0 Å². The standard InChI is InChI=1S/C25H23N7O/c26-14-32(18-8-9-18)24(27)20-2-1-3-23(30-20)31-13-17-7-6-16(10-19(17)25(31)33)22-12-28-21(11-29-22)15-4-5-15/h1-3,6-7,10-12,14-15,18,26-27H,4-5,8-9,13H2. The number of carbonyl (C=O) groups is 1. The van der Waals surface area contributed by atoms with Crippen LogP contribution in [0.3, 0.4) is 0 Å². The first kappa shape index (κ1) is 19.7. The third kappa shape index (κ3) is 3.57. The average Bonchev–Trinajstić information content (AvgIpc) is 3.78. The summed E-state index contributed by atoms with van der Waals surface area (Å²) in [5.41, 5.74) is 4.71. The zero-order valence-electron chi connectivity index (χ0n) is 18.0. The second-order valence-corrected chi connectivity index (χ2v) is 8.86. The Kier molecular flexibility index (Phi) is 4.53. The molecule has 0 saturated heterocycles. The number of carbonyl (C=O) groups excluding carboxylic acids is 1. The molecule has 0 spiro atoms. The first-order valence-electron chi connectivity index (χ1n) is 11.2. The van der Waals surface area contributed by atoms with Gasteiger partial charge >= 0.3 is 0 Å². The lowest BCUT2D eigenvalue weighted by Crippen LogP contribution is -2.32. The van der Waals surface area contributed by atoms with Gasteiger partial charge in [-0.05, 0) is 49.4 Å². The Labute approximate surface area is 191 Å². The van der Waals surface area contributed by atoms with Gasteiger partial charge in [0.25, 0.3) is 5.91 Å². The number of aromatic nitrogens is 3. The molecule has 3 aliphatic rings. The number of amides is 1. The van der Waals surface area contributed by atoms with Crippen LogP contribution in [0.15, 0.2) is 48.8 Å². The van der Waals surface area contributed by atoms with E-state index in [4.69, 9.17) is 10.8 Å². The summed E-state index contributed by atoms with van der Waals surface area (Å²) >= 11 is 0. The molecule has 1 aromatic carbocycles. The second-order valence-electron chi connectivity index (χ2n) is 8.86. The molecule has 8 nitrogen and oxygen atoms in total. The highest BCUT2D eigenvalue weighted by Crippen LogP contribution is 2.39. The number of hydrogen-bond acceptors (Lipinski definition) is 6. The lowest BCUT2D eigenvalue weighted by molar-refractivity contribution is 0.0996. The molecule has 1 aliphatic heterocycles. The van der Waals surface area contributed by atoms with Crippen molar-refractivity contribution in [2.75, 3.05) is 4.90 Å². The monoisotopic (exact) mass is 437 g/mol. The maximum atomic E-state index is 13.3. The van der Waals surface area contributed by atoms with Crippen LogP contribution in [0.1, 0.15) is 58.9 Å². The molecule has 3 aromatic rings. The summed E-state index contributed by atoms with van der Waals surface area (Å²) in [5, 5.41) is 16.1. The quantitative estimate of drug-likeness (QED) is 0.448. The average molecular weight is 438 g/mol. The minimum absolute atomic E-state index is 0.114. The topological polar surface area (TPSA) is 110 Å². The van der Waals surface area contributed by atoms with Gasteiger partial charge < -0.3 is 4.90 Å². The number of hydrogen-bond donors (Lipinski definition) is 2. The first-order valence-corrected chi connectivity index (χ1v) is 11.2. The van der Waals surface area contributed by atoms with Crippen LogP contribution in [0.4, 0.5) is 5.82 Å². The number of pyridine rings is 1. The molecule has 2 N–H and O–H groups in total. The highest BCUT2D eigenvalue weighted by atomic mass is 16.2. The highest BCUT2D eigenvalue weighted by Gasteiger charge is 2.33. The van der Waals surface area contributed by atoms with Crippen LogP contribution in [-0.2, 0) is 6.54 Å². The van der Waals surface area contributed by atoms with Gasteiger partial charge in [-0.3, -0.25) is 30.5 Å². The molecule has 0 atom stereocenters. The largest absolute Gasteiger partial charge is 0.313 e. The zero-order valence-corrected chi connectivity index (χ0v) is 18.0. The second kappa shape index (κ2) is 7.58. The van der Waals surface area contributed by atoms with E-state index in [2.05, 4.69) is 15.0 Å². The SMILES string of the molecule is N=CN(C(=N)c1cccc(N2Cc3ccc(-c4cnc(C5CC5)cn4)cc3C2=O)n1)C1CC1. The molecular weight excluding hydrogens is 414 g/mol. The Bertz CT molecular complexity index is 1280. The molecule has 2 aromatic heterocycles. The fraction of sp³-hybridized carbons (Fsp3) is 0.280. The van der Waals surface area contributed by atoms with Crippen molar-refractivity contribution in [2.24, 2.45) is 0 Å². The summed E-state index contributed by atoms with van der Waals surface area (Å²) in [6.07, 6.45) is 9.15. The van der Waals surface area contributed by atoms with Gasteiger partial charge in [-0.1, -0.05) is 18.2 Å². The van der Waals surface area contributed by atoms with E-state index in [9.17, 15) is 4.79 Å². The van der Waals surface area contributed by atoms with Crippen molar-refractivity contribution in [1.82, 2.24) is 19.9 Å². The van der Waals surface area contributed by atoms with Gasteiger partial charge in [-0.25, -0.2) is 4.98 Å². The minimum Gasteiger partial charge on any atom is -0.313 e. The van der Waals surface area contributed by atoms with Gasteiger partial charge in [0, 0.05) is 29.3 Å². The maximum Gasteiger partial charge on any atom is 0.260 e. The van der Waals surface area contributed by atoms with Crippen LogP contribution in [0.5, 0.6) is 0 Å². The molecule has 0 radical (unpaired) electrons. The van der Waals surface area contributed by atoms with E-state index in [-0.39, 0.29) is 17.8 Å². The van der Waals surface area contributed by atoms with E-state index in [1.807, 2.05) is 24.4 Å². The van der Waals surface area contributed by atoms with Gasteiger partial charge in [-0.2, -0.15) is 0 Å². The van der Waals surface area contributed by atoms with Gasteiger partial charge in [0.15, 0.2) is 5.84 Å². The predicted octanol–water partition coefficient (Wildman–Crippen LogP) is 3.97. The summed E-state index contributed by atoms with van der Waals surface area (Å²) in [6.45, 7) is 0.432. The van der Waals surface area contributed by atoms with Crippen LogP contribution in [0.25, 0.3) is 11.3 Å². The summed E-state index contributed by atoms with van der Waals surface area (Å²) < 4.78 is 0. The summed E-state index contributed by atoms with van der Waals surface area (Å²) in [6, 6.07) is 11.4. The van der Waals surface area contributed by atoms with Crippen molar-refractivity contribution < 1.29 is 4.79 Å². The van der Waals surface area contributed by atoms with Crippen LogP contribution in [-0.4, -0.2) is 44.0 Å². The van der Waals surface area contributed by atoms with E-state index in [1.165, 1.54) is 19.2 Å². The van der Waals surface area contributed by atoms with E-state index in [0.717, 1.165) is 35.4 Å². The number of anilines is 1. The molecule has 6 rings (SSSR count). The fourth-order valence-electron chi connectivity index (χ4n) is 4.27. The number of rotatable bonds is 6. The summed E-state index contributed by atoms with van der Waals surface area (Å²) in [5.74, 6) is 1.14. The number of nitrogens with one attached hydrogen (secondary N) is 2. The van der Waals surface area contributed by atoms with Gasteiger partial charge in [0.05, 0.1) is 30.5 Å². The molecule has 2 saturated carbocycles. The number of fused-ring (bicyclic) bond motifs is 1. The lowest BCUT2D eigenvalue weighted by Gasteiger charge is -2.20. The Morgan fingerprint density at radius 3 is 2.64 bits per heavy atom. The molecular formula is C25H23N7O. The van der Waals surface area contributed by atoms with E-state index in [1.54, 1.807) is 34.2 Å². The van der Waals surface area contributed by atoms with Crippen molar-refractivity contribution in [2.45, 2.75) is 44.2 Å². The molecule has 2 fully saturated rings. The fourth-order valence-corrected chi connectivity index (χ4v) is 4.27. The van der Waals surface area contributed by atoms with Gasteiger partial charge in [0.1, 0.15) is 11.5 Å². The van der Waals surface area contributed by atoms with Crippen molar-refractivity contribution in [3.8, 4) is 11.3 Å². The van der Waals surface area contributed by atoms with Crippen molar-refractivity contribution in [3.63, 3.8) is 0 Å². The van der Waals surface area contributed by atoms with Crippen LogP contribution >= 0.6 is 0 Å². The molecule has 164 valence electrons. The zero-order chi connectivity index (χ0) is 22.5. The molecule has 8 heteroatoms. The molecule has 2 aliphatic carbocycles. The highest BCUT2D eigenvalue weighted by molar-refractivity contribution is 6.10. The smallest absolute Gasteiger partial charge is 0.260 e. The Morgan fingerprint density at radius 2 is 1.94 bits per heavy atom.